The van der Waals surface area contributed by atoms with Crippen molar-refractivity contribution >= 4 is 27.4 Å². The van der Waals surface area contributed by atoms with Gasteiger partial charge in [-0.15, -0.1) is 0 Å². The molecule has 1 heterocycles. The van der Waals surface area contributed by atoms with Crippen molar-refractivity contribution in [2.24, 2.45) is 11.8 Å². The minimum atomic E-state index is -3.51. The molecule has 0 radical (unpaired) electrons. The number of halogens is 1. The largest absolute Gasteiger partial charge is 0.372 e. The van der Waals surface area contributed by atoms with E-state index in [-0.39, 0.29) is 4.90 Å². The Bertz CT molecular complexity index is 576. The van der Waals surface area contributed by atoms with Crippen LogP contribution in [0.25, 0.3) is 0 Å². The predicted octanol–water partition coefficient (Wildman–Crippen LogP) is 2.05. The van der Waals surface area contributed by atoms with Crippen molar-refractivity contribution in [3.8, 4) is 0 Å². The first-order valence-electron chi connectivity index (χ1n) is 6.16. The van der Waals surface area contributed by atoms with Gasteiger partial charge in [0.2, 0.25) is 10.0 Å². The van der Waals surface area contributed by atoms with Gasteiger partial charge in [-0.2, -0.15) is 0 Å². The van der Waals surface area contributed by atoms with Crippen LogP contribution in [-0.2, 0) is 10.0 Å². The Balaban J connectivity index is 2.21. The Labute approximate surface area is 119 Å². The third-order valence-electron chi connectivity index (χ3n) is 3.53. The summed E-state index contributed by atoms with van der Waals surface area (Å²) in [5.74, 6) is 1.56. The highest BCUT2D eigenvalue weighted by atomic mass is 35.5. The molecule has 2 unspecified atom stereocenters. The summed E-state index contributed by atoms with van der Waals surface area (Å²) >= 11 is 5.97. The van der Waals surface area contributed by atoms with Crippen molar-refractivity contribution in [2.45, 2.75) is 18.2 Å². The first-order chi connectivity index (χ1) is 8.86. The lowest BCUT2D eigenvalue weighted by Crippen LogP contribution is -2.29. The second-order valence-electron chi connectivity index (χ2n) is 5.01. The molecule has 0 aliphatic heterocycles. The van der Waals surface area contributed by atoms with Gasteiger partial charge >= 0.3 is 0 Å². The molecule has 1 fully saturated rings. The van der Waals surface area contributed by atoms with Crippen LogP contribution in [-0.4, -0.2) is 38.3 Å². The molecule has 5 nitrogen and oxygen atoms in total. The molecular formula is C12H18ClN3O2S. The van der Waals surface area contributed by atoms with Gasteiger partial charge in [-0.3, -0.25) is 0 Å². The van der Waals surface area contributed by atoms with Gasteiger partial charge in [-0.05, 0) is 24.3 Å². The number of nitrogens with one attached hydrogen (secondary N) is 1. The van der Waals surface area contributed by atoms with Gasteiger partial charge in [0.25, 0.3) is 0 Å². The van der Waals surface area contributed by atoms with E-state index in [1.807, 2.05) is 0 Å². The van der Waals surface area contributed by atoms with Crippen LogP contribution in [0, 0.1) is 11.8 Å². The van der Waals surface area contributed by atoms with Gasteiger partial charge in [0.1, 0.15) is 10.7 Å². The summed E-state index contributed by atoms with van der Waals surface area (Å²) in [5, 5.41) is 3.10. The predicted molar refractivity (Wildman–Crippen MR) is 75.9 cm³/mol. The summed E-state index contributed by atoms with van der Waals surface area (Å²) in [4.78, 5) is 4.14. The van der Waals surface area contributed by atoms with E-state index in [2.05, 4.69) is 17.2 Å². The zero-order chi connectivity index (χ0) is 14.2. The van der Waals surface area contributed by atoms with Crippen molar-refractivity contribution in [1.82, 2.24) is 9.29 Å². The van der Waals surface area contributed by atoms with Gasteiger partial charge < -0.3 is 5.32 Å². The lowest BCUT2D eigenvalue weighted by molar-refractivity contribution is 0.444. The minimum Gasteiger partial charge on any atom is -0.372 e. The Hall–Kier alpha value is -0.850. The van der Waals surface area contributed by atoms with E-state index in [4.69, 9.17) is 11.6 Å². The van der Waals surface area contributed by atoms with E-state index in [0.717, 1.165) is 6.42 Å². The van der Waals surface area contributed by atoms with E-state index in [0.29, 0.717) is 29.2 Å². The Kier molecular flexibility index (Phi) is 4.03. The van der Waals surface area contributed by atoms with Gasteiger partial charge in [-0.25, -0.2) is 17.7 Å². The molecule has 1 N–H and O–H groups in total. The fourth-order valence-corrected chi connectivity index (χ4v) is 3.53. The zero-order valence-corrected chi connectivity index (χ0v) is 12.8. The molecule has 0 aromatic carbocycles. The van der Waals surface area contributed by atoms with E-state index >= 15 is 0 Å². The first kappa shape index (κ1) is 14.6. The molecule has 106 valence electrons. The normalized spacial score (nSPS) is 22.6. The SMILES string of the molecule is CNc1ncc(S(=O)(=O)N(C)CC2CC2C)cc1Cl. The summed E-state index contributed by atoms with van der Waals surface area (Å²) < 4.78 is 26.1. The van der Waals surface area contributed by atoms with Crippen LogP contribution in [0.3, 0.4) is 0 Å². The molecule has 1 aliphatic rings. The smallest absolute Gasteiger partial charge is 0.244 e. The topological polar surface area (TPSA) is 62.3 Å². The molecule has 0 bridgehead atoms. The Morgan fingerprint density at radius 3 is 2.68 bits per heavy atom. The lowest BCUT2D eigenvalue weighted by atomic mass is 10.3. The van der Waals surface area contributed by atoms with Crippen molar-refractivity contribution in [1.29, 1.82) is 0 Å². The molecule has 19 heavy (non-hydrogen) atoms. The maximum Gasteiger partial charge on any atom is 0.244 e. The van der Waals surface area contributed by atoms with Gasteiger partial charge in [0.05, 0.1) is 5.02 Å². The van der Waals surface area contributed by atoms with Crippen LogP contribution in [0.5, 0.6) is 0 Å². The molecule has 1 saturated carbocycles. The fraction of sp³-hybridized carbons (Fsp3) is 0.583. The Morgan fingerprint density at radius 1 is 1.58 bits per heavy atom. The molecule has 2 rings (SSSR count). The first-order valence-corrected chi connectivity index (χ1v) is 7.97. The highest BCUT2D eigenvalue weighted by molar-refractivity contribution is 7.89. The number of hydrogen-bond acceptors (Lipinski definition) is 4. The number of sulfonamides is 1. The third-order valence-corrected chi connectivity index (χ3v) is 5.61. The van der Waals surface area contributed by atoms with Crippen LogP contribution >= 0.6 is 11.6 Å². The molecule has 0 spiro atoms. The zero-order valence-electron chi connectivity index (χ0n) is 11.2. The second-order valence-corrected chi connectivity index (χ2v) is 7.46. The van der Waals surface area contributed by atoms with Crippen LogP contribution < -0.4 is 5.32 Å². The molecule has 0 saturated heterocycles. The third kappa shape index (κ3) is 3.01. The molecule has 1 aromatic heterocycles. The molecule has 0 amide bonds. The molecule has 7 heteroatoms. The summed E-state index contributed by atoms with van der Waals surface area (Å²) in [6.45, 7) is 2.68. The second kappa shape index (κ2) is 5.26. The highest BCUT2D eigenvalue weighted by Crippen LogP contribution is 2.38. The fourth-order valence-electron chi connectivity index (χ4n) is 2.01. The van der Waals surface area contributed by atoms with Crippen LogP contribution in [0.15, 0.2) is 17.2 Å². The van der Waals surface area contributed by atoms with Crippen LogP contribution in [0.1, 0.15) is 13.3 Å². The van der Waals surface area contributed by atoms with Gasteiger partial charge in [0.15, 0.2) is 0 Å². The molecule has 2 atom stereocenters. The molecule has 1 aromatic rings. The highest BCUT2D eigenvalue weighted by Gasteiger charge is 2.36. The monoisotopic (exact) mass is 303 g/mol. The van der Waals surface area contributed by atoms with Crippen LogP contribution in [0.4, 0.5) is 5.82 Å². The van der Waals surface area contributed by atoms with E-state index in [9.17, 15) is 8.42 Å². The molecular weight excluding hydrogens is 286 g/mol. The number of hydrogen-bond donors (Lipinski definition) is 1. The average molecular weight is 304 g/mol. The van der Waals surface area contributed by atoms with Gasteiger partial charge in [-0.1, -0.05) is 18.5 Å². The lowest BCUT2D eigenvalue weighted by Gasteiger charge is -2.17. The maximum atomic E-state index is 12.4. The van der Waals surface area contributed by atoms with E-state index < -0.39 is 10.0 Å². The Morgan fingerprint density at radius 2 is 2.21 bits per heavy atom. The van der Waals surface area contributed by atoms with Crippen LogP contribution in [0.2, 0.25) is 5.02 Å². The summed E-state index contributed by atoms with van der Waals surface area (Å²) in [7, 11) is -0.225. The quantitative estimate of drug-likeness (QED) is 0.904. The van der Waals surface area contributed by atoms with Crippen molar-refractivity contribution < 1.29 is 8.42 Å². The van der Waals surface area contributed by atoms with E-state index in [1.54, 1.807) is 14.1 Å². The number of rotatable bonds is 5. The average Bonchev–Trinajstić information content (AvgIpc) is 3.04. The number of pyridine rings is 1. The summed E-state index contributed by atoms with van der Waals surface area (Å²) in [6, 6.07) is 1.43. The van der Waals surface area contributed by atoms with Crippen molar-refractivity contribution in [3.05, 3.63) is 17.3 Å². The summed E-state index contributed by atoms with van der Waals surface area (Å²) in [6.07, 6.45) is 2.43. The van der Waals surface area contributed by atoms with Crippen molar-refractivity contribution in [3.63, 3.8) is 0 Å². The number of aromatic nitrogens is 1. The number of anilines is 1. The van der Waals surface area contributed by atoms with Crippen molar-refractivity contribution in [2.75, 3.05) is 26.0 Å². The maximum absolute atomic E-state index is 12.4. The number of nitrogens with zero attached hydrogens (tertiary/aromatic N) is 2. The summed E-state index contributed by atoms with van der Waals surface area (Å²) in [5.41, 5.74) is 0. The van der Waals surface area contributed by atoms with Gasteiger partial charge in [0, 0.05) is 26.8 Å². The minimum absolute atomic E-state index is 0.132. The molecule has 1 aliphatic carbocycles. The standard InChI is InChI=1S/C12H18ClN3O2S/c1-8-4-9(8)7-16(3)19(17,18)10-5-11(13)12(14-2)15-6-10/h5-6,8-9H,4,7H2,1-3H3,(H,14,15). The van der Waals surface area contributed by atoms with E-state index in [1.165, 1.54) is 16.6 Å².